The fraction of sp³-hybridized carbons (Fsp3) is 0.333. The van der Waals surface area contributed by atoms with Crippen LogP contribution in [0.4, 0.5) is 0 Å². The van der Waals surface area contributed by atoms with E-state index in [1.807, 2.05) is 12.1 Å². The molecule has 0 radical (unpaired) electrons. The molecule has 1 aliphatic heterocycles. The summed E-state index contributed by atoms with van der Waals surface area (Å²) < 4.78 is 6.38. The largest absolute Gasteiger partial charge is 0.497 e. The highest BCUT2D eigenvalue weighted by atomic mass is 79.9. The normalized spacial score (nSPS) is 16.8. The highest BCUT2D eigenvalue weighted by molar-refractivity contribution is 9.10. The Kier molecular flexibility index (Phi) is 3.80. The summed E-state index contributed by atoms with van der Waals surface area (Å²) in [6.07, 6.45) is 0. The molecule has 0 aliphatic carbocycles. The first-order valence-electron chi connectivity index (χ1n) is 7.17. The number of nitrogens with zero attached hydrogens (tertiary/aromatic N) is 1. The summed E-state index contributed by atoms with van der Waals surface area (Å²) in [6.45, 7) is 6.55. The number of hydrogen-bond acceptors (Lipinski definition) is 2. The molecule has 2 nitrogen and oxygen atoms in total. The van der Waals surface area contributed by atoms with Crippen LogP contribution in [-0.4, -0.2) is 12.0 Å². The fourth-order valence-corrected chi connectivity index (χ4v) is 3.40. The van der Waals surface area contributed by atoms with Gasteiger partial charge in [-0.3, -0.25) is 4.90 Å². The van der Waals surface area contributed by atoms with Crippen LogP contribution >= 0.6 is 15.9 Å². The van der Waals surface area contributed by atoms with Gasteiger partial charge in [0, 0.05) is 23.1 Å². The van der Waals surface area contributed by atoms with E-state index in [0.29, 0.717) is 0 Å². The van der Waals surface area contributed by atoms with Crippen LogP contribution < -0.4 is 4.74 Å². The summed E-state index contributed by atoms with van der Waals surface area (Å²) in [4.78, 5) is 2.52. The van der Waals surface area contributed by atoms with E-state index in [-0.39, 0.29) is 5.54 Å². The van der Waals surface area contributed by atoms with Crippen molar-refractivity contribution in [2.75, 3.05) is 7.11 Å². The maximum Gasteiger partial charge on any atom is 0.118 e. The van der Waals surface area contributed by atoms with Crippen molar-refractivity contribution in [2.24, 2.45) is 0 Å². The number of methoxy groups -OCH3 is 1. The Morgan fingerprint density at radius 3 is 2.52 bits per heavy atom. The Morgan fingerprint density at radius 2 is 1.86 bits per heavy atom. The Balaban J connectivity index is 1.84. The van der Waals surface area contributed by atoms with E-state index in [4.69, 9.17) is 4.74 Å². The van der Waals surface area contributed by atoms with Crippen molar-refractivity contribution in [2.45, 2.75) is 32.5 Å². The van der Waals surface area contributed by atoms with Gasteiger partial charge in [-0.15, -0.1) is 0 Å². The van der Waals surface area contributed by atoms with E-state index in [1.165, 1.54) is 16.7 Å². The summed E-state index contributed by atoms with van der Waals surface area (Å²) in [5, 5.41) is 0. The molecule has 3 rings (SSSR count). The zero-order valence-electron chi connectivity index (χ0n) is 12.7. The average molecular weight is 346 g/mol. The van der Waals surface area contributed by atoms with E-state index in [0.717, 1.165) is 23.3 Å². The lowest BCUT2D eigenvalue weighted by molar-refractivity contribution is 0.128. The molecule has 0 N–H and O–H groups in total. The summed E-state index contributed by atoms with van der Waals surface area (Å²) in [7, 11) is 1.70. The molecule has 2 aromatic carbocycles. The summed E-state index contributed by atoms with van der Waals surface area (Å²) >= 11 is 3.59. The van der Waals surface area contributed by atoms with Gasteiger partial charge in [0.25, 0.3) is 0 Å². The van der Waals surface area contributed by atoms with E-state index >= 15 is 0 Å². The minimum atomic E-state index is 0.0546. The third-order valence-corrected chi connectivity index (χ3v) is 4.91. The van der Waals surface area contributed by atoms with Gasteiger partial charge in [-0.1, -0.05) is 34.1 Å². The maximum absolute atomic E-state index is 5.23. The second-order valence-corrected chi connectivity index (χ2v) is 6.98. The predicted molar refractivity (Wildman–Crippen MR) is 89.4 cm³/mol. The number of rotatable bonds is 3. The molecule has 0 saturated heterocycles. The van der Waals surface area contributed by atoms with Crippen molar-refractivity contribution in [1.82, 2.24) is 4.90 Å². The highest BCUT2D eigenvalue weighted by Gasteiger charge is 2.36. The molecule has 0 spiro atoms. The topological polar surface area (TPSA) is 12.5 Å². The van der Waals surface area contributed by atoms with Crippen LogP contribution in [0.2, 0.25) is 0 Å². The van der Waals surface area contributed by atoms with Crippen LogP contribution in [0.1, 0.15) is 30.5 Å². The van der Waals surface area contributed by atoms with Gasteiger partial charge in [-0.05, 0) is 54.8 Å². The standard InChI is InChI=1S/C18H20BrNO/c1-18(2)17-10-15(19)7-6-14(17)12-20(18)11-13-4-8-16(21-3)9-5-13/h4-10H,11-12H2,1-3H3. The van der Waals surface area contributed by atoms with Crippen LogP contribution in [-0.2, 0) is 18.6 Å². The van der Waals surface area contributed by atoms with E-state index in [1.54, 1.807) is 7.11 Å². The molecule has 0 fully saturated rings. The van der Waals surface area contributed by atoms with Crippen molar-refractivity contribution < 1.29 is 4.74 Å². The zero-order valence-corrected chi connectivity index (χ0v) is 14.3. The molecule has 0 saturated carbocycles. The second kappa shape index (κ2) is 5.47. The van der Waals surface area contributed by atoms with E-state index < -0.39 is 0 Å². The van der Waals surface area contributed by atoms with Gasteiger partial charge >= 0.3 is 0 Å². The molecule has 0 bridgehead atoms. The quantitative estimate of drug-likeness (QED) is 0.798. The lowest BCUT2D eigenvalue weighted by Gasteiger charge is -2.32. The zero-order chi connectivity index (χ0) is 15.0. The molecule has 0 amide bonds. The summed E-state index contributed by atoms with van der Waals surface area (Å²) in [6, 6.07) is 15.0. The smallest absolute Gasteiger partial charge is 0.118 e. The molecule has 0 unspecified atom stereocenters. The number of hydrogen-bond donors (Lipinski definition) is 0. The molecule has 110 valence electrons. The fourth-order valence-electron chi connectivity index (χ4n) is 3.03. The van der Waals surface area contributed by atoms with Crippen LogP contribution in [0.25, 0.3) is 0 Å². The highest BCUT2D eigenvalue weighted by Crippen LogP contribution is 2.40. The third-order valence-electron chi connectivity index (χ3n) is 4.42. The lowest BCUT2D eigenvalue weighted by Crippen LogP contribution is -2.34. The first-order chi connectivity index (χ1) is 10.0. The Labute approximate surface area is 134 Å². The van der Waals surface area contributed by atoms with Gasteiger partial charge < -0.3 is 4.74 Å². The van der Waals surface area contributed by atoms with Gasteiger partial charge in [0.05, 0.1) is 7.11 Å². The molecule has 0 atom stereocenters. The van der Waals surface area contributed by atoms with Crippen LogP contribution in [0, 0.1) is 0 Å². The van der Waals surface area contributed by atoms with Crippen molar-refractivity contribution in [3.8, 4) is 5.75 Å². The van der Waals surface area contributed by atoms with Crippen molar-refractivity contribution in [1.29, 1.82) is 0 Å². The van der Waals surface area contributed by atoms with E-state index in [9.17, 15) is 0 Å². The number of ether oxygens (including phenoxy) is 1. The van der Waals surface area contributed by atoms with Gasteiger partial charge in [-0.2, -0.15) is 0 Å². The molecule has 1 heterocycles. The average Bonchev–Trinajstić information content (AvgIpc) is 2.71. The predicted octanol–water partition coefficient (Wildman–Crippen LogP) is 4.71. The summed E-state index contributed by atoms with van der Waals surface area (Å²) in [5.74, 6) is 0.909. The lowest BCUT2D eigenvalue weighted by atomic mass is 9.93. The molecule has 2 aromatic rings. The Bertz CT molecular complexity index is 649. The molecule has 0 aromatic heterocycles. The minimum absolute atomic E-state index is 0.0546. The molecular formula is C18H20BrNO. The first kappa shape index (κ1) is 14.6. The monoisotopic (exact) mass is 345 g/mol. The number of fused-ring (bicyclic) bond motifs is 1. The summed E-state index contributed by atoms with van der Waals surface area (Å²) in [5.41, 5.74) is 4.22. The molecule has 1 aliphatic rings. The van der Waals surface area contributed by atoms with Gasteiger partial charge in [0.1, 0.15) is 5.75 Å². The van der Waals surface area contributed by atoms with Crippen LogP contribution in [0.3, 0.4) is 0 Å². The van der Waals surface area contributed by atoms with Gasteiger partial charge in [0.2, 0.25) is 0 Å². The maximum atomic E-state index is 5.23. The van der Waals surface area contributed by atoms with Crippen molar-refractivity contribution >= 4 is 15.9 Å². The number of benzene rings is 2. The Morgan fingerprint density at radius 1 is 1.14 bits per heavy atom. The molecule has 21 heavy (non-hydrogen) atoms. The molecule has 3 heteroatoms. The van der Waals surface area contributed by atoms with E-state index in [2.05, 4.69) is 65.0 Å². The minimum Gasteiger partial charge on any atom is -0.497 e. The van der Waals surface area contributed by atoms with Crippen molar-refractivity contribution in [3.05, 3.63) is 63.6 Å². The second-order valence-electron chi connectivity index (χ2n) is 6.06. The SMILES string of the molecule is COc1ccc(CN2Cc3ccc(Br)cc3C2(C)C)cc1. The van der Waals surface area contributed by atoms with Gasteiger partial charge in [-0.25, -0.2) is 0 Å². The number of halogens is 1. The Hall–Kier alpha value is -1.32. The van der Waals surface area contributed by atoms with Gasteiger partial charge in [0.15, 0.2) is 0 Å². The third kappa shape index (κ3) is 2.72. The first-order valence-corrected chi connectivity index (χ1v) is 7.97. The molecular weight excluding hydrogens is 326 g/mol. The van der Waals surface area contributed by atoms with Crippen LogP contribution in [0.5, 0.6) is 5.75 Å². The van der Waals surface area contributed by atoms with Crippen LogP contribution in [0.15, 0.2) is 46.9 Å². The van der Waals surface area contributed by atoms with Crippen molar-refractivity contribution in [3.63, 3.8) is 0 Å².